The molecule has 17 heavy (non-hydrogen) atoms. The molecule has 1 aromatic carbocycles. The Morgan fingerprint density at radius 1 is 1.41 bits per heavy atom. The Kier molecular flexibility index (Phi) is 5.69. The fraction of sp³-hybridized carbons (Fsp3) is 0.400. The van der Waals surface area contributed by atoms with Crippen molar-refractivity contribution in [2.45, 2.75) is 10.3 Å². The van der Waals surface area contributed by atoms with Crippen LogP contribution in [0.15, 0.2) is 29.2 Å². The van der Waals surface area contributed by atoms with E-state index in [-0.39, 0.29) is 23.1 Å². The number of methoxy groups -OCH3 is 1. The van der Waals surface area contributed by atoms with Crippen molar-refractivity contribution in [1.82, 2.24) is 4.72 Å². The van der Waals surface area contributed by atoms with Crippen molar-refractivity contribution in [2.24, 2.45) is 0 Å². The number of benzene rings is 1. The molecule has 1 N–H and O–H groups in total. The molecule has 0 aromatic heterocycles. The Bertz CT molecular complexity index is 464. The third kappa shape index (κ3) is 4.44. The second kappa shape index (κ2) is 6.56. The molecule has 1 unspecified atom stereocenters. The highest BCUT2D eigenvalue weighted by atomic mass is 35.5. The van der Waals surface area contributed by atoms with Crippen LogP contribution in [0.1, 0.15) is 0 Å². The molecule has 0 fully saturated rings. The third-order valence-electron chi connectivity index (χ3n) is 1.97. The van der Waals surface area contributed by atoms with Crippen molar-refractivity contribution in [1.29, 1.82) is 0 Å². The second-order valence-electron chi connectivity index (χ2n) is 3.33. The largest absolute Gasteiger partial charge is 0.383 e. The minimum absolute atomic E-state index is 0.0444. The van der Waals surface area contributed by atoms with Gasteiger partial charge in [-0.25, -0.2) is 13.1 Å². The highest BCUT2D eigenvalue weighted by molar-refractivity contribution is 7.89. The minimum atomic E-state index is -3.63. The maximum atomic E-state index is 11.9. The van der Waals surface area contributed by atoms with E-state index in [0.29, 0.717) is 0 Å². The molecule has 0 saturated carbocycles. The average molecular weight is 298 g/mol. The Morgan fingerprint density at radius 3 is 2.65 bits per heavy atom. The fourth-order valence-corrected chi connectivity index (χ4v) is 3.07. The maximum absolute atomic E-state index is 11.9. The molecule has 4 nitrogen and oxygen atoms in total. The SMILES string of the molecule is COCC(Cl)CNS(=O)(=O)c1ccccc1Cl. The van der Waals surface area contributed by atoms with Gasteiger partial charge in [0.1, 0.15) is 4.90 Å². The maximum Gasteiger partial charge on any atom is 0.242 e. The topological polar surface area (TPSA) is 55.4 Å². The molecule has 1 aromatic rings. The number of nitrogens with one attached hydrogen (secondary N) is 1. The zero-order valence-corrected chi connectivity index (χ0v) is 11.5. The number of halogens is 2. The Balaban J connectivity index is 2.73. The van der Waals surface area contributed by atoms with Gasteiger partial charge in [-0.2, -0.15) is 0 Å². The van der Waals surface area contributed by atoms with Gasteiger partial charge in [0.05, 0.1) is 17.0 Å². The number of rotatable bonds is 6. The normalized spacial score (nSPS) is 13.6. The lowest BCUT2D eigenvalue weighted by atomic mass is 10.4. The molecule has 0 amide bonds. The monoisotopic (exact) mass is 297 g/mol. The van der Waals surface area contributed by atoms with Crippen molar-refractivity contribution >= 4 is 33.2 Å². The van der Waals surface area contributed by atoms with E-state index in [0.717, 1.165) is 0 Å². The van der Waals surface area contributed by atoms with Crippen LogP contribution in [0.5, 0.6) is 0 Å². The smallest absolute Gasteiger partial charge is 0.242 e. The van der Waals surface area contributed by atoms with Crippen LogP contribution in [0.2, 0.25) is 5.02 Å². The standard InChI is InChI=1S/C10H13Cl2NO3S/c1-16-7-8(11)6-13-17(14,15)10-5-3-2-4-9(10)12/h2-5,8,13H,6-7H2,1H3. The molecule has 0 bridgehead atoms. The first-order chi connectivity index (χ1) is 7.97. The summed E-state index contributed by atoms with van der Waals surface area (Å²) in [5.74, 6) is 0. The zero-order valence-electron chi connectivity index (χ0n) is 9.19. The van der Waals surface area contributed by atoms with Crippen LogP contribution in [0.25, 0.3) is 0 Å². The molecular weight excluding hydrogens is 285 g/mol. The van der Waals surface area contributed by atoms with Crippen LogP contribution < -0.4 is 4.72 Å². The quantitative estimate of drug-likeness (QED) is 0.816. The molecule has 1 atom stereocenters. The first-order valence-electron chi connectivity index (χ1n) is 4.84. The Labute approximate surface area is 111 Å². The minimum Gasteiger partial charge on any atom is -0.383 e. The van der Waals surface area contributed by atoms with E-state index in [9.17, 15) is 8.42 Å². The molecule has 0 spiro atoms. The summed E-state index contributed by atoms with van der Waals surface area (Å²) in [6, 6.07) is 6.22. The lowest BCUT2D eigenvalue weighted by Gasteiger charge is -2.11. The summed E-state index contributed by atoms with van der Waals surface area (Å²) in [6.45, 7) is 0.357. The van der Waals surface area contributed by atoms with Crippen molar-refractivity contribution < 1.29 is 13.2 Å². The number of hydrogen-bond acceptors (Lipinski definition) is 3. The van der Waals surface area contributed by atoms with Crippen molar-refractivity contribution in [3.05, 3.63) is 29.3 Å². The van der Waals surface area contributed by atoms with Crippen LogP contribution in [0, 0.1) is 0 Å². The highest BCUT2D eigenvalue weighted by Crippen LogP contribution is 2.20. The summed E-state index contributed by atoms with van der Waals surface area (Å²) < 4.78 is 30.9. The van der Waals surface area contributed by atoms with Gasteiger partial charge in [-0.05, 0) is 12.1 Å². The van der Waals surface area contributed by atoms with Gasteiger partial charge >= 0.3 is 0 Å². The Hall–Kier alpha value is -0.330. The molecule has 7 heteroatoms. The van der Waals surface area contributed by atoms with Crippen molar-refractivity contribution in [3.63, 3.8) is 0 Å². The first-order valence-corrected chi connectivity index (χ1v) is 7.14. The summed E-state index contributed by atoms with van der Waals surface area (Å²) >= 11 is 11.6. The number of sulfonamides is 1. The van der Waals surface area contributed by atoms with Gasteiger partial charge in [-0.1, -0.05) is 23.7 Å². The lowest BCUT2D eigenvalue weighted by Crippen LogP contribution is -2.31. The molecule has 0 radical (unpaired) electrons. The average Bonchev–Trinajstić information content (AvgIpc) is 2.27. The summed E-state index contributed by atoms with van der Waals surface area (Å²) in [4.78, 5) is 0.0444. The number of ether oxygens (including phenoxy) is 1. The van der Waals surface area contributed by atoms with Gasteiger partial charge in [0, 0.05) is 13.7 Å². The van der Waals surface area contributed by atoms with Crippen LogP contribution in [0.3, 0.4) is 0 Å². The highest BCUT2D eigenvalue weighted by Gasteiger charge is 2.18. The molecule has 0 aliphatic rings. The molecule has 0 aliphatic heterocycles. The zero-order chi connectivity index (χ0) is 12.9. The molecule has 1 rings (SSSR count). The molecule has 0 heterocycles. The molecule has 96 valence electrons. The van der Waals surface area contributed by atoms with Gasteiger partial charge in [0.15, 0.2) is 0 Å². The summed E-state index contributed by atoms with van der Waals surface area (Å²) in [5.41, 5.74) is 0. The lowest BCUT2D eigenvalue weighted by molar-refractivity contribution is 0.198. The summed E-state index contributed by atoms with van der Waals surface area (Å²) in [5, 5.41) is -0.241. The van der Waals surface area contributed by atoms with Gasteiger partial charge < -0.3 is 4.74 Å². The fourth-order valence-electron chi connectivity index (χ4n) is 1.18. The van der Waals surface area contributed by atoms with E-state index >= 15 is 0 Å². The predicted molar refractivity (Wildman–Crippen MR) is 68.2 cm³/mol. The van der Waals surface area contributed by atoms with Gasteiger partial charge in [-0.3, -0.25) is 0 Å². The Morgan fingerprint density at radius 2 is 2.06 bits per heavy atom. The van der Waals surface area contributed by atoms with E-state index in [1.807, 2.05) is 0 Å². The van der Waals surface area contributed by atoms with Gasteiger partial charge in [0.2, 0.25) is 10.0 Å². The van der Waals surface area contributed by atoms with Crippen molar-refractivity contribution in [3.8, 4) is 0 Å². The van der Waals surface area contributed by atoms with Gasteiger partial charge in [-0.15, -0.1) is 11.6 Å². The van der Waals surface area contributed by atoms with Crippen LogP contribution in [0.4, 0.5) is 0 Å². The van der Waals surface area contributed by atoms with E-state index < -0.39 is 15.4 Å². The van der Waals surface area contributed by atoms with Gasteiger partial charge in [0.25, 0.3) is 0 Å². The molecule has 0 aliphatic carbocycles. The van der Waals surface area contributed by atoms with E-state index in [1.165, 1.54) is 19.2 Å². The third-order valence-corrected chi connectivity index (χ3v) is 4.17. The van der Waals surface area contributed by atoms with Crippen LogP contribution in [-0.4, -0.2) is 34.1 Å². The second-order valence-corrected chi connectivity index (χ2v) is 6.09. The van der Waals surface area contributed by atoms with E-state index in [4.69, 9.17) is 27.9 Å². The van der Waals surface area contributed by atoms with Crippen LogP contribution in [-0.2, 0) is 14.8 Å². The molecular formula is C10H13Cl2NO3S. The van der Waals surface area contributed by atoms with E-state index in [1.54, 1.807) is 12.1 Å². The number of hydrogen-bond donors (Lipinski definition) is 1. The summed E-state index contributed by atoms with van der Waals surface area (Å²) in [7, 11) is -2.13. The summed E-state index contributed by atoms with van der Waals surface area (Å²) in [6.07, 6.45) is 0. The first kappa shape index (κ1) is 14.7. The predicted octanol–water partition coefficient (Wildman–Crippen LogP) is 1.87. The number of alkyl halides is 1. The van der Waals surface area contributed by atoms with Crippen molar-refractivity contribution in [2.75, 3.05) is 20.3 Å². The molecule has 0 saturated heterocycles. The van der Waals surface area contributed by atoms with E-state index in [2.05, 4.69) is 4.72 Å². The van der Waals surface area contributed by atoms with Crippen LogP contribution >= 0.6 is 23.2 Å².